The molecule has 0 spiro atoms. The Labute approximate surface area is 124 Å². The Kier molecular flexibility index (Phi) is 4.81. The van der Waals surface area contributed by atoms with Gasteiger partial charge in [0.2, 0.25) is 0 Å². The highest BCUT2D eigenvalue weighted by Crippen LogP contribution is 2.35. The van der Waals surface area contributed by atoms with Crippen LogP contribution in [0.2, 0.25) is 0 Å². The van der Waals surface area contributed by atoms with E-state index in [2.05, 4.69) is 0 Å². The fourth-order valence-corrected chi connectivity index (χ4v) is 3.03. The van der Waals surface area contributed by atoms with Gasteiger partial charge in [0.1, 0.15) is 0 Å². The van der Waals surface area contributed by atoms with Crippen LogP contribution in [-0.4, -0.2) is 25.3 Å². The molecule has 0 saturated carbocycles. The molecule has 1 aliphatic heterocycles. The fourth-order valence-electron chi connectivity index (χ4n) is 3.03. The van der Waals surface area contributed by atoms with Gasteiger partial charge in [-0.25, -0.2) is 0 Å². The lowest BCUT2D eigenvalue weighted by Gasteiger charge is -2.36. The first kappa shape index (κ1) is 16.1. The van der Waals surface area contributed by atoms with E-state index in [4.69, 9.17) is 5.73 Å². The van der Waals surface area contributed by atoms with E-state index in [1.807, 2.05) is 36.9 Å². The Morgan fingerprint density at radius 3 is 2.67 bits per heavy atom. The van der Waals surface area contributed by atoms with Crippen LogP contribution < -0.4 is 10.6 Å². The summed E-state index contributed by atoms with van der Waals surface area (Å²) in [6.45, 7) is 4.66. The van der Waals surface area contributed by atoms with Gasteiger partial charge in [0, 0.05) is 24.8 Å². The summed E-state index contributed by atoms with van der Waals surface area (Å²) in [7, 11) is 0. The van der Waals surface area contributed by atoms with Crippen molar-refractivity contribution >= 4 is 5.69 Å². The van der Waals surface area contributed by atoms with Gasteiger partial charge in [-0.15, -0.1) is 0 Å². The minimum Gasteiger partial charge on any atom is -0.371 e. The van der Waals surface area contributed by atoms with Gasteiger partial charge in [-0.2, -0.15) is 13.2 Å². The van der Waals surface area contributed by atoms with Crippen LogP contribution in [0.1, 0.15) is 30.9 Å². The van der Waals surface area contributed by atoms with Crippen LogP contribution in [0.3, 0.4) is 0 Å². The molecule has 1 aliphatic rings. The van der Waals surface area contributed by atoms with Crippen molar-refractivity contribution in [3.8, 4) is 0 Å². The fraction of sp³-hybridized carbons (Fsp3) is 0.625. The van der Waals surface area contributed by atoms with Crippen molar-refractivity contribution in [2.75, 3.05) is 18.0 Å². The van der Waals surface area contributed by atoms with Gasteiger partial charge in [0.05, 0.1) is 5.92 Å². The molecular weight excluding hydrogens is 277 g/mol. The number of aryl methyl sites for hydroxylation is 1. The minimum absolute atomic E-state index is 0.0664. The van der Waals surface area contributed by atoms with Crippen molar-refractivity contribution in [3.05, 3.63) is 29.3 Å². The first-order chi connectivity index (χ1) is 9.77. The number of piperidine rings is 1. The number of hydrogen-bond donors (Lipinski definition) is 1. The van der Waals surface area contributed by atoms with Gasteiger partial charge in [-0.3, -0.25) is 0 Å². The monoisotopic (exact) mass is 300 g/mol. The Hall–Kier alpha value is -1.23. The molecule has 1 fully saturated rings. The maximum atomic E-state index is 12.9. The maximum absolute atomic E-state index is 12.9. The lowest BCUT2D eigenvalue weighted by atomic mass is 9.95. The van der Waals surface area contributed by atoms with Gasteiger partial charge in [0.15, 0.2) is 0 Å². The molecule has 1 aromatic carbocycles. The zero-order valence-corrected chi connectivity index (χ0v) is 12.6. The van der Waals surface area contributed by atoms with Gasteiger partial charge < -0.3 is 10.6 Å². The lowest BCUT2D eigenvalue weighted by molar-refractivity contribution is -0.176. The van der Waals surface area contributed by atoms with Gasteiger partial charge in [-0.1, -0.05) is 12.1 Å². The Balaban J connectivity index is 2.14. The largest absolute Gasteiger partial charge is 0.393 e. The third kappa shape index (κ3) is 4.13. The molecule has 1 heterocycles. The molecule has 5 heteroatoms. The molecule has 2 unspecified atom stereocenters. The van der Waals surface area contributed by atoms with Gasteiger partial charge >= 0.3 is 6.18 Å². The molecule has 2 N–H and O–H groups in total. The van der Waals surface area contributed by atoms with Crippen molar-refractivity contribution in [1.29, 1.82) is 0 Å². The average molecular weight is 300 g/mol. The first-order valence-corrected chi connectivity index (χ1v) is 7.44. The third-order valence-electron chi connectivity index (χ3n) is 4.04. The molecule has 0 aromatic heterocycles. The van der Waals surface area contributed by atoms with Crippen LogP contribution in [0, 0.1) is 12.8 Å². The standard InChI is InChI=1S/C16H23F3N2/c1-11-8-13(9-12(2)20)5-6-15(11)21-7-3-4-14(10-21)16(17,18)19/h5-6,8,12,14H,3-4,7,9-10,20H2,1-2H3. The van der Waals surface area contributed by atoms with Gasteiger partial charge in [-0.05, 0) is 50.3 Å². The number of nitrogens with two attached hydrogens (primary N) is 1. The molecule has 2 nitrogen and oxygen atoms in total. The van der Waals surface area contributed by atoms with E-state index in [1.165, 1.54) is 0 Å². The topological polar surface area (TPSA) is 29.3 Å². The molecule has 0 amide bonds. The highest BCUT2D eigenvalue weighted by Gasteiger charge is 2.41. The lowest BCUT2D eigenvalue weighted by Crippen LogP contribution is -2.42. The van der Waals surface area contributed by atoms with Crippen LogP contribution in [0.25, 0.3) is 0 Å². The predicted octanol–water partition coefficient (Wildman–Crippen LogP) is 3.66. The smallest absolute Gasteiger partial charge is 0.371 e. The minimum atomic E-state index is -4.10. The highest BCUT2D eigenvalue weighted by atomic mass is 19.4. The van der Waals surface area contributed by atoms with Crippen molar-refractivity contribution in [2.45, 2.75) is 45.3 Å². The zero-order chi connectivity index (χ0) is 15.6. The zero-order valence-electron chi connectivity index (χ0n) is 12.6. The highest BCUT2D eigenvalue weighted by molar-refractivity contribution is 5.55. The molecule has 1 aromatic rings. The van der Waals surface area contributed by atoms with E-state index < -0.39 is 12.1 Å². The number of anilines is 1. The summed E-state index contributed by atoms with van der Waals surface area (Å²) in [4.78, 5) is 1.87. The van der Waals surface area contributed by atoms with Crippen LogP contribution >= 0.6 is 0 Å². The SMILES string of the molecule is Cc1cc(CC(C)N)ccc1N1CCCC(C(F)(F)F)C1. The summed E-state index contributed by atoms with van der Waals surface area (Å²) < 4.78 is 38.7. The van der Waals surface area contributed by atoms with E-state index in [0.29, 0.717) is 13.0 Å². The van der Waals surface area contributed by atoms with Crippen molar-refractivity contribution in [2.24, 2.45) is 11.7 Å². The average Bonchev–Trinajstić information content (AvgIpc) is 2.37. The second-order valence-electron chi connectivity index (χ2n) is 6.13. The van der Waals surface area contributed by atoms with E-state index in [1.54, 1.807) is 0 Å². The number of benzene rings is 1. The maximum Gasteiger partial charge on any atom is 0.393 e. The van der Waals surface area contributed by atoms with E-state index in [9.17, 15) is 13.2 Å². The van der Waals surface area contributed by atoms with Crippen LogP contribution in [0.15, 0.2) is 18.2 Å². The second-order valence-corrected chi connectivity index (χ2v) is 6.13. The summed E-state index contributed by atoms with van der Waals surface area (Å²) in [5.74, 6) is -1.21. The second kappa shape index (κ2) is 6.26. The summed E-state index contributed by atoms with van der Waals surface area (Å²) in [5.41, 5.74) is 8.86. The Morgan fingerprint density at radius 2 is 2.10 bits per heavy atom. The number of nitrogens with zero attached hydrogens (tertiary/aromatic N) is 1. The summed E-state index contributed by atoms with van der Waals surface area (Å²) in [5, 5.41) is 0. The molecular formula is C16H23F3N2. The molecule has 0 radical (unpaired) electrons. The summed E-state index contributed by atoms with van der Waals surface area (Å²) in [6, 6.07) is 6.03. The van der Waals surface area contributed by atoms with Gasteiger partial charge in [0.25, 0.3) is 0 Å². The molecule has 0 bridgehead atoms. The molecule has 118 valence electrons. The van der Waals surface area contributed by atoms with E-state index >= 15 is 0 Å². The number of rotatable bonds is 3. The quantitative estimate of drug-likeness (QED) is 0.923. The Morgan fingerprint density at radius 1 is 1.38 bits per heavy atom. The van der Waals surface area contributed by atoms with E-state index in [0.717, 1.165) is 23.2 Å². The van der Waals surface area contributed by atoms with Crippen molar-refractivity contribution in [3.63, 3.8) is 0 Å². The van der Waals surface area contributed by atoms with Crippen LogP contribution in [0.4, 0.5) is 18.9 Å². The molecule has 2 rings (SSSR count). The third-order valence-corrected chi connectivity index (χ3v) is 4.04. The molecule has 1 saturated heterocycles. The number of halogens is 3. The summed E-state index contributed by atoms with van der Waals surface area (Å²) >= 11 is 0. The summed E-state index contributed by atoms with van der Waals surface area (Å²) in [6.07, 6.45) is -2.49. The van der Waals surface area contributed by atoms with Crippen molar-refractivity contribution < 1.29 is 13.2 Å². The van der Waals surface area contributed by atoms with E-state index in [-0.39, 0.29) is 19.0 Å². The Bertz CT molecular complexity index is 483. The molecule has 0 aliphatic carbocycles. The predicted molar refractivity (Wildman–Crippen MR) is 79.5 cm³/mol. The van der Waals surface area contributed by atoms with Crippen LogP contribution in [0.5, 0.6) is 0 Å². The number of hydrogen-bond acceptors (Lipinski definition) is 2. The number of alkyl halides is 3. The molecule has 2 atom stereocenters. The van der Waals surface area contributed by atoms with Crippen LogP contribution in [-0.2, 0) is 6.42 Å². The first-order valence-electron chi connectivity index (χ1n) is 7.44. The van der Waals surface area contributed by atoms with Crippen molar-refractivity contribution in [1.82, 2.24) is 0 Å². The molecule has 21 heavy (non-hydrogen) atoms. The normalized spacial score (nSPS) is 21.4.